The van der Waals surface area contributed by atoms with E-state index in [1.54, 1.807) is 25.3 Å². The summed E-state index contributed by atoms with van der Waals surface area (Å²) in [4.78, 5) is 27.8. The molecule has 1 aliphatic heterocycles. The number of carbonyl (C=O) groups is 2. The predicted octanol–water partition coefficient (Wildman–Crippen LogP) is 4.94. The number of carbonyl (C=O) groups excluding carboxylic acids is 2. The minimum Gasteiger partial charge on any atom is -0.496 e. The summed E-state index contributed by atoms with van der Waals surface area (Å²) in [5.41, 5.74) is 1.23. The lowest BCUT2D eigenvalue weighted by Gasteiger charge is -2.44. The molecular formula is C24H35N3O3. The second kappa shape index (κ2) is 9.71. The Morgan fingerprint density at radius 3 is 2.50 bits per heavy atom. The molecule has 3 amide bonds. The Hall–Kier alpha value is -2.24. The number of rotatable bonds is 4. The second-order valence-corrected chi connectivity index (χ2v) is 9.10. The molecule has 4 rings (SSSR count). The fraction of sp³-hybridized carbons (Fsp3) is 0.667. The summed E-state index contributed by atoms with van der Waals surface area (Å²) in [7, 11) is 1.58. The van der Waals surface area contributed by atoms with Gasteiger partial charge in [0, 0.05) is 30.4 Å². The lowest BCUT2D eigenvalue weighted by molar-refractivity contribution is 0.0388. The Balaban J connectivity index is 1.43. The maximum absolute atomic E-state index is 13.4. The van der Waals surface area contributed by atoms with Crippen LogP contribution in [0.2, 0.25) is 0 Å². The predicted molar refractivity (Wildman–Crippen MR) is 118 cm³/mol. The summed E-state index contributed by atoms with van der Waals surface area (Å²) in [5.74, 6) is 1.22. The molecule has 30 heavy (non-hydrogen) atoms. The van der Waals surface area contributed by atoms with E-state index in [1.165, 1.54) is 44.9 Å². The largest absolute Gasteiger partial charge is 0.496 e. The highest BCUT2D eigenvalue weighted by atomic mass is 16.5. The molecule has 164 valence electrons. The van der Waals surface area contributed by atoms with Gasteiger partial charge in [-0.3, -0.25) is 4.79 Å². The van der Waals surface area contributed by atoms with Gasteiger partial charge in [-0.1, -0.05) is 32.1 Å². The van der Waals surface area contributed by atoms with E-state index < -0.39 is 0 Å². The molecule has 1 heterocycles. The molecule has 0 bridgehead atoms. The van der Waals surface area contributed by atoms with Gasteiger partial charge in [-0.2, -0.15) is 0 Å². The highest BCUT2D eigenvalue weighted by Crippen LogP contribution is 2.37. The number of likely N-dealkylation sites (tertiary alicyclic amines) is 1. The third-order valence-corrected chi connectivity index (χ3v) is 7.13. The van der Waals surface area contributed by atoms with E-state index in [-0.39, 0.29) is 18.0 Å². The molecule has 0 aromatic heterocycles. The van der Waals surface area contributed by atoms with Crippen LogP contribution in [0.15, 0.2) is 18.2 Å². The minimum atomic E-state index is -0.191. The van der Waals surface area contributed by atoms with Crippen LogP contribution in [-0.4, -0.2) is 42.6 Å². The van der Waals surface area contributed by atoms with Crippen LogP contribution in [0.25, 0.3) is 0 Å². The van der Waals surface area contributed by atoms with Crippen LogP contribution in [0.3, 0.4) is 0 Å². The average Bonchev–Trinajstić information content (AvgIpc) is 2.78. The van der Waals surface area contributed by atoms with Crippen molar-refractivity contribution in [3.05, 3.63) is 23.8 Å². The molecule has 1 aromatic rings. The first-order valence-electron chi connectivity index (χ1n) is 11.7. The number of nitrogens with one attached hydrogen (secondary N) is 2. The van der Waals surface area contributed by atoms with Crippen LogP contribution in [0, 0.1) is 5.92 Å². The summed E-state index contributed by atoms with van der Waals surface area (Å²) >= 11 is 0. The number of fused-ring (bicyclic) bond motifs is 1. The van der Waals surface area contributed by atoms with E-state index in [2.05, 4.69) is 15.5 Å². The van der Waals surface area contributed by atoms with E-state index in [0.717, 1.165) is 32.2 Å². The summed E-state index contributed by atoms with van der Waals surface area (Å²) in [6.07, 6.45) is 12.9. The highest BCUT2D eigenvalue weighted by Gasteiger charge is 2.36. The minimum absolute atomic E-state index is 0.0571. The number of methoxy groups -OCH3 is 1. The number of hydrogen-bond donors (Lipinski definition) is 2. The van der Waals surface area contributed by atoms with Gasteiger partial charge in [0.05, 0.1) is 12.7 Å². The van der Waals surface area contributed by atoms with Gasteiger partial charge in [0.15, 0.2) is 0 Å². The van der Waals surface area contributed by atoms with Crippen molar-refractivity contribution < 1.29 is 14.3 Å². The van der Waals surface area contributed by atoms with Gasteiger partial charge in [-0.25, -0.2) is 4.79 Å². The van der Waals surface area contributed by atoms with Crippen molar-refractivity contribution in [3.8, 4) is 5.75 Å². The average molecular weight is 414 g/mol. The molecule has 2 saturated carbocycles. The number of urea groups is 1. The zero-order valence-corrected chi connectivity index (χ0v) is 18.1. The Kier molecular flexibility index (Phi) is 6.80. The van der Waals surface area contributed by atoms with Crippen LogP contribution in [0.1, 0.15) is 81.0 Å². The zero-order chi connectivity index (χ0) is 20.9. The molecule has 3 fully saturated rings. The van der Waals surface area contributed by atoms with Gasteiger partial charge in [0.2, 0.25) is 0 Å². The first-order valence-corrected chi connectivity index (χ1v) is 11.7. The molecule has 1 aromatic carbocycles. The van der Waals surface area contributed by atoms with E-state index in [4.69, 9.17) is 4.74 Å². The van der Waals surface area contributed by atoms with Crippen molar-refractivity contribution in [2.45, 2.75) is 82.7 Å². The Bertz CT molecular complexity index is 758. The number of anilines is 1. The van der Waals surface area contributed by atoms with Crippen molar-refractivity contribution >= 4 is 17.6 Å². The Labute approximate surface area is 179 Å². The van der Waals surface area contributed by atoms with Crippen LogP contribution in [-0.2, 0) is 0 Å². The zero-order valence-electron chi connectivity index (χ0n) is 18.1. The van der Waals surface area contributed by atoms with Crippen LogP contribution >= 0.6 is 0 Å². The van der Waals surface area contributed by atoms with E-state index >= 15 is 0 Å². The molecule has 3 aliphatic rings. The lowest BCUT2D eigenvalue weighted by Crippen LogP contribution is -2.49. The Morgan fingerprint density at radius 1 is 0.967 bits per heavy atom. The molecule has 0 spiro atoms. The van der Waals surface area contributed by atoms with Gasteiger partial charge >= 0.3 is 6.03 Å². The van der Waals surface area contributed by atoms with Gasteiger partial charge in [0.1, 0.15) is 5.75 Å². The number of amides is 3. The topological polar surface area (TPSA) is 70.7 Å². The summed E-state index contributed by atoms with van der Waals surface area (Å²) < 4.78 is 5.55. The normalized spacial score (nSPS) is 24.6. The number of nitrogens with zero attached hydrogens (tertiary/aromatic N) is 1. The maximum Gasteiger partial charge on any atom is 0.319 e. The van der Waals surface area contributed by atoms with Crippen molar-refractivity contribution in [2.75, 3.05) is 19.0 Å². The molecule has 6 heteroatoms. The summed E-state index contributed by atoms with van der Waals surface area (Å²) in [6.45, 7) is 0.826. The van der Waals surface area contributed by atoms with Crippen LogP contribution < -0.4 is 15.4 Å². The third-order valence-electron chi connectivity index (χ3n) is 7.13. The van der Waals surface area contributed by atoms with E-state index in [0.29, 0.717) is 29.0 Å². The van der Waals surface area contributed by atoms with Crippen molar-refractivity contribution in [2.24, 2.45) is 5.92 Å². The number of hydrogen-bond acceptors (Lipinski definition) is 3. The first kappa shape index (κ1) is 21.0. The molecule has 0 unspecified atom stereocenters. The maximum atomic E-state index is 13.4. The van der Waals surface area contributed by atoms with Gasteiger partial charge in [-0.15, -0.1) is 0 Å². The number of benzene rings is 1. The van der Waals surface area contributed by atoms with Crippen LogP contribution in [0.5, 0.6) is 5.75 Å². The monoisotopic (exact) mass is 413 g/mol. The summed E-state index contributed by atoms with van der Waals surface area (Å²) in [5, 5.41) is 5.96. The van der Waals surface area contributed by atoms with E-state index in [9.17, 15) is 9.59 Å². The molecule has 2 aliphatic carbocycles. The van der Waals surface area contributed by atoms with Gasteiger partial charge in [0.25, 0.3) is 5.91 Å². The lowest BCUT2D eigenvalue weighted by atomic mass is 9.78. The number of piperidine rings is 1. The molecule has 0 radical (unpaired) electrons. The molecule has 2 N–H and O–H groups in total. The first-order chi connectivity index (χ1) is 14.7. The highest BCUT2D eigenvalue weighted by molar-refractivity contribution is 5.98. The van der Waals surface area contributed by atoms with Crippen molar-refractivity contribution in [1.29, 1.82) is 0 Å². The quantitative estimate of drug-likeness (QED) is 0.734. The van der Waals surface area contributed by atoms with Gasteiger partial charge in [-0.05, 0) is 56.6 Å². The molecule has 1 saturated heterocycles. The molecule has 6 nitrogen and oxygen atoms in total. The summed E-state index contributed by atoms with van der Waals surface area (Å²) in [6, 6.07) is 5.79. The fourth-order valence-corrected chi connectivity index (χ4v) is 5.58. The third kappa shape index (κ3) is 4.73. The van der Waals surface area contributed by atoms with E-state index in [1.807, 2.05) is 0 Å². The molecular weight excluding hydrogens is 378 g/mol. The smallest absolute Gasteiger partial charge is 0.319 e. The van der Waals surface area contributed by atoms with Crippen molar-refractivity contribution in [1.82, 2.24) is 10.2 Å². The van der Waals surface area contributed by atoms with Crippen molar-refractivity contribution in [3.63, 3.8) is 0 Å². The van der Waals surface area contributed by atoms with Gasteiger partial charge < -0.3 is 20.3 Å². The SMILES string of the molecule is COc1cc(NC(=O)NC2CCCCC2)ccc1C(=O)N1CCC[C@H]2CCCC[C@H]21. The second-order valence-electron chi connectivity index (χ2n) is 9.10. The number of ether oxygens (including phenoxy) is 1. The van der Waals surface area contributed by atoms with Crippen LogP contribution in [0.4, 0.5) is 10.5 Å². The Morgan fingerprint density at radius 2 is 1.70 bits per heavy atom. The standard InChI is InChI=1S/C24H35N3O3/c1-30-22-16-19(26-24(29)25-18-10-3-2-4-11-18)13-14-20(22)23(28)27-15-7-9-17-8-5-6-12-21(17)27/h13-14,16-18,21H,2-12,15H2,1H3,(H2,25,26,29)/t17-,21-/m1/s1. The fourth-order valence-electron chi connectivity index (χ4n) is 5.58. The molecule has 2 atom stereocenters.